The molecule has 1 aromatic carbocycles. The van der Waals surface area contributed by atoms with Crippen molar-refractivity contribution in [1.82, 2.24) is 10.6 Å². The summed E-state index contributed by atoms with van der Waals surface area (Å²) in [4.78, 5) is 12.0. The Kier molecular flexibility index (Phi) is 7.36. The van der Waals surface area contributed by atoms with Crippen LogP contribution in [-0.2, 0) is 4.74 Å². The lowest BCUT2D eigenvalue weighted by atomic mass is 10.0. The predicted octanol–water partition coefficient (Wildman–Crippen LogP) is 4.54. The van der Waals surface area contributed by atoms with Crippen LogP contribution in [0, 0.1) is 5.92 Å². The van der Waals surface area contributed by atoms with E-state index in [4.69, 9.17) is 16.3 Å². The number of hydrogen-bond donors (Lipinski definition) is 2. The van der Waals surface area contributed by atoms with Crippen molar-refractivity contribution in [1.29, 1.82) is 0 Å². The number of hydrogen-bond acceptors (Lipinski definition) is 3. The molecule has 0 fully saturated rings. The molecule has 0 aliphatic rings. The van der Waals surface area contributed by atoms with Gasteiger partial charge in [0.2, 0.25) is 0 Å². The Labute approximate surface area is 144 Å². The number of halogens is 1. The molecular weight excluding hydrogens is 312 g/mol. The Morgan fingerprint density at radius 1 is 1.22 bits per heavy atom. The smallest absolute Gasteiger partial charge is 0.407 e. The van der Waals surface area contributed by atoms with E-state index in [0.29, 0.717) is 6.54 Å². The molecule has 2 N–H and O–H groups in total. The molecule has 130 valence electrons. The Morgan fingerprint density at radius 3 is 2.35 bits per heavy atom. The van der Waals surface area contributed by atoms with Crippen molar-refractivity contribution in [3.8, 4) is 0 Å². The van der Waals surface area contributed by atoms with E-state index in [-0.39, 0.29) is 24.1 Å². The summed E-state index contributed by atoms with van der Waals surface area (Å²) in [6.45, 7) is 12.4. The average Bonchev–Trinajstić information content (AvgIpc) is 2.41. The van der Waals surface area contributed by atoms with Crippen LogP contribution in [0.5, 0.6) is 0 Å². The summed E-state index contributed by atoms with van der Waals surface area (Å²) in [6, 6.07) is 7.86. The number of ether oxygens (including phenoxy) is 1. The number of carbonyl (C=O) groups excluding carboxylic acids is 1. The van der Waals surface area contributed by atoms with Crippen molar-refractivity contribution in [2.24, 2.45) is 5.92 Å². The third-order valence-electron chi connectivity index (χ3n) is 3.52. The van der Waals surface area contributed by atoms with Gasteiger partial charge in [-0.3, -0.25) is 0 Å². The molecule has 0 spiro atoms. The summed E-state index contributed by atoms with van der Waals surface area (Å²) in [7, 11) is 0. The molecule has 23 heavy (non-hydrogen) atoms. The van der Waals surface area contributed by atoms with Crippen LogP contribution < -0.4 is 10.6 Å². The normalized spacial score (nSPS) is 14.4. The number of nitrogens with one attached hydrogen (secondary N) is 2. The molecule has 0 saturated carbocycles. The van der Waals surface area contributed by atoms with Crippen LogP contribution in [0.3, 0.4) is 0 Å². The second kappa shape index (κ2) is 8.55. The monoisotopic (exact) mass is 340 g/mol. The number of rotatable bonds is 6. The van der Waals surface area contributed by atoms with Gasteiger partial charge in [0.1, 0.15) is 5.60 Å². The van der Waals surface area contributed by atoms with Gasteiger partial charge in [0.15, 0.2) is 0 Å². The highest BCUT2D eigenvalue weighted by Crippen LogP contribution is 2.22. The van der Waals surface area contributed by atoms with Gasteiger partial charge in [0, 0.05) is 23.7 Å². The summed E-state index contributed by atoms with van der Waals surface area (Å²) in [5, 5.41) is 7.12. The molecule has 0 radical (unpaired) electrons. The lowest BCUT2D eigenvalue weighted by Crippen LogP contribution is -2.47. The molecule has 1 aromatic rings. The molecule has 0 saturated heterocycles. The maximum absolute atomic E-state index is 12.0. The fraction of sp³-hybridized carbons (Fsp3) is 0.611. The van der Waals surface area contributed by atoms with E-state index in [9.17, 15) is 4.79 Å². The Hall–Kier alpha value is -1.26. The first-order valence-electron chi connectivity index (χ1n) is 8.07. The van der Waals surface area contributed by atoms with Crippen molar-refractivity contribution in [2.75, 3.05) is 6.54 Å². The maximum atomic E-state index is 12.0. The second-order valence-electron chi connectivity index (χ2n) is 7.15. The molecule has 5 heteroatoms. The van der Waals surface area contributed by atoms with E-state index in [2.05, 4.69) is 31.4 Å². The standard InChI is InChI=1S/C18H29ClN2O2/c1-12(2)16(21-17(22)23-18(4,5)6)11-20-13(3)14-9-7-8-10-15(14)19/h7-10,12-13,16,20H,11H2,1-6H3,(H,21,22). The van der Waals surface area contributed by atoms with Crippen molar-refractivity contribution < 1.29 is 9.53 Å². The number of alkyl carbamates (subject to hydrolysis) is 1. The van der Waals surface area contributed by atoms with Gasteiger partial charge in [0.25, 0.3) is 0 Å². The third kappa shape index (κ3) is 7.23. The van der Waals surface area contributed by atoms with Crippen molar-refractivity contribution >= 4 is 17.7 Å². The van der Waals surface area contributed by atoms with E-state index in [1.807, 2.05) is 45.0 Å². The van der Waals surface area contributed by atoms with Crippen LogP contribution in [0.2, 0.25) is 5.02 Å². The molecule has 1 amide bonds. The van der Waals surface area contributed by atoms with Gasteiger partial charge >= 0.3 is 6.09 Å². The molecule has 4 nitrogen and oxygen atoms in total. The van der Waals surface area contributed by atoms with E-state index >= 15 is 0 Å². The maximum Gasteiger partial charge on any atom is 0.407 e. The minimum atomic E-state index is -0.496. The summed E-state index contributed by atoms with van der Waals surface area (Å²) in [5.41, 5.74) is 0.554. The molecule has 0 aliphatic heterocycles. The molecule has 0 aromatic heterocycles. The SMILES string of the molecule is CC(NCC(NC(=O)OC(C)(C)C)C(C)C)c1ccccc1Cl. The highest BCUT2D eigenvalue weighted by Gasteiger charge is 2.22. The molecule has 0 heterocycles. The Balaban J connectivity index is 2.60. The van der Waals surface area contributed by atoms with Crippen LogP contribution in [0.15, 0.2) is 24.3 Å². The van der Waals surface area contributed by atoms with Gasteiger partial charge in [-0.1, -0.05) is 43.6 Å². The number of carbonyl (C=O) groups is 1. The first kappa shape index (κ1) is 19.8. The van der Waals surface area contributed by atoms with Crippen molar-refractivity contribution in [3.63, 3.8) is 0 Å². The van der Waals surface area contributed by atoms with Crippen LogP contribution in [0.4, 0.5) is 4.79 Å². The van der Waals surface area contributed by atoms with E-state index < -0.39 is 5.60 Å². The van der Waals surface area contributed by atoms with Gasteiger partial charge in [-0.15, -0.1) is 0 Å². The largest absolute Gasteiger partial charge is 0.444 e. The summed E-state index contributed by atoms with van der Waals surface area (Å²) in [6.07, 6.45) is -0.386. The fourth-order valence-corrected chi connectivity index (χ4v) is 2.45. The zero-order chi connectivity index (χ0) is 17.6. The van der Waals surface area contributed by atoms with Crippen LogP contribution in [0.1, 0.15) is 53.1 Å². The molecule has 2 unspecified atom stereocenters. The summed E-state index contributed by atoms with van der Waals surface area (Å²) < 4.78 is 5.33. The first-order valence-corrected chi connectivity index (χ1v) is 8.45. The van der Waals surface area contributed by atoms with Crippen LogP contribution >= 0.6 is 11.6 Å². The minimum absolute atomic E-state index is 0.0187. The minimum Gasteiger partial charge on any atom is -0.444 e. The third-order valence-corrected chi connectivity index (χ3v) is 3.87. The zero-order valence-corrected chi connectivity index (χ0v) is 15.7. The quantitative estimate of drug-likeness (QED) is 0.799. The highest BCUT2D eigenvalue weighted by atomic mass is 35.5. The average molecular weight is 341 g/mol. The summed E-state index contributed by atoms with van der Waals surface area (Å²) >= 11 is 6.22. The lowest BCUT2D eigenvalue weighted by molar-refractivity contribution is 0.0489. The molecule has 1 rings (SSSR count). The van der Waals surface area contributed by atoms with E-state index in [0.717, 1.165) is 10.6 Å². The first-order chi connectivity index (χ1) is 10.6. The van der Waals surface area contributed by atoms with Crippen LogP contribution in [-0.4, -0.2) is 24.3 Å². The number of amides is 1. The molecule has 0 aliphatic carbocycles. The van der Waals surface area contributed by atoms with Crippen molar-refractivity contribution in [2.45, 2.75) is 59.2 Å². The Morgan fingerprint density at radius 2 is 1.83 bits per heavy atom. The van der Waals surface area contributed by atoms with Gasteiger partial charge in [-0.2, -0.15) is 0 Å². The fourth-order valence-electron chi connectivity index (χ4n) is 2.15. The van der Waals surface area contributed by atoms with Crippen LogP contribution in [0.25, 0.3) is 0 Å². The van der Waals surface area contributed by atoms with Gasteiger partial charge < -0.3 is 15.4 Å². The zero-order valence-electron chi connectivity index (χ0n) is 14.9. The summed E-state index contributed by atoms with van der Waals surface area (Å²) in [5.74, 6) is 0.286. The van der Waals surface area contributed by atoms with Crippen molar-refractivity contribution in [3.05, 3.63) is 34.9 Å². The van der Waals surface area contributed by atoms with Gasteiger partial charge in [-0.05, 0) is 45.2 Å². The number of benzene rings is 1. The second-order valence-corrected chi connectivity index (χ2v) is 7.56. The topological polar surface area (TPSA) is 50.4 Å². The van der Waals surface area contributed by atoms with E-state index in [1.54, 1.807) is 0 Å². The molecule has 2 atom stereocenters. The molecule has 0 bridgehead atoms. The predicted molar refractivity (Wildman–Crippen MR) is 95.9 cm³/mol. The lowest BCUT2D eigenvalue weighted by Gasteiger charge is -2.27. The molecular formula is C18H29ClN2O2. The van der Waals surface area contributed by atoms with Gasteiger partial charge in [-0.25, -0.2) is 4.79 Å². The highest BCUT2D eigenvalue weighted by molar-refractivity contribution is 6.31. The Bertz CT molecular complexity index is 512. The van der Waals surface area contributed by atoms with E-state index in [1.165, 1.54) is 0 Å². The van der Waals surface area contributed by atoms with Gasteiger partial charge in [0.05, 0.1) is 0 Å².